The van der Waals surface area contributed by atoms with Gasteiger partial charge in [-0.3, -0.25) is 9.59 Å². The van der Waals surface area contributed by atoms with Crippen LogP contribution in [0.4, 0.5) is 17.3 Å². The number of nitrogens with zero attached hydrogens (tertiary/aromatic N) is 3. The minimum absolute atomic E-state index is 0.121. The number of benzene rings is 1. The Balaban J connectivity index is 0.000000596. The van der Waals surface area contributed by atoms with Gasteiger partial charge in [0.1, 0.15) is 6.29 Å². The number of rotatable bonds is 12. The molecule has 3 rings (SSSR count). The molecule has 234 valence electrons. The van der Waals surface area contributed by atoms with E-state index in [4.69, 9.17) is 15.3 Å². The van der Waals surface area contributed by atoms with Crippen molar-refractivity contribution in [3.63, 3.8) is 0 Å². The van der Waals surface area contributed by atoms with E-state index in [1.807, 2.05) is 69.4 Å². The van der Waals surface area contributed by atoms with Gasteiger partial charge in [-0.15, -0.1) is 0 Å². The van der Waals surface area contributed by atoms with E-state index in [2.05, 4.69) is 43.1 Å². The third-order valence-corrected chi connectivity index (χ3v) is 5.71. The highest BCUT2D eigenvalue weighted by Crippen LogP contribution is 2.24. The number of hydrogen-bond donors (Lipinski definition) is 5. The van der Waals surface area contributed by atoms with Crippen LogP contribution in [0.3, 0.4) is 0 Å². The predicted molar refractivity (Wildman–Crippen MR) is 171 cm³/mol. The van der Waals surface area contributed by atoms with Gasteiger partial charge in [0.25, 0.3) is 5.91 Å². The van der Waals surface area contributed by atoms with Gasteiger partial charge >= 0.3 is 0 Å². The molecule has 0 spiro atoms. The highest BCUT2D eigenvalue weighted by atomic mass is 16.5. The van der Waals surface area contributed by atoms with Gasteiger partial charge in [0, 0.05) is 50.5 Å². The summed E-state index contributed by atoms with van der Waals surface area (Å²) in [6.07, 6.45) is 8.34. The summed E-state index contributed by atoms with van der Waals surface area (Å²) < 4.78 is 5.43. The predicted octanol–water partition coefficient (Wildman–Crippen LogP) is 2.10. The Labute approximate surface area is 255 Å². The zero-order valence-electron chi connectivity index (χ0n) is 25.9. The molecule has 1 aromatic carbocycles. The van der Waals surface area contributed by atoms with Crippen LogP contribution >= 0.6 is 0 Å². The zero-order chi connectivity index (χ0) is 31.9. The van der Waals surface area contributed by atoms with Crippen molar-refractivity contribution < 1.29 is 19.1 Å². The molecule has 0 radical (unpaired) electrons. The molecular formula is C31H46N8O4. The van der Waals surface area contributed by atoms with Gasteiger partial charge in [-0.25, -0.2) is 9.97 Å². The first-order valence-corrected chi connectivity index (χ1v) is 14.2. The van der Waals surface area contributed by atoms with E-state index in [-0.39, 0.29) is 11.7 Å². The number of carbonyl (C=O) groups excluding carboxylic acids is 3. The number of amides is 2. The van der Waals surface area contributed by atoms with Crippen molar-refractivity contribution in [3.8, 4) is 11.8 Å². The summed E-state index contributed by atoms with van der Waals surface area (Å²) in [5.41, 5.74) is 8.04. The Bertz CT molecular complexity index is 1220. The summed E-state index contributed by atoms with van der Waals surface area (Å²) in [5, 5.41) is 11.9. The van der Waals surface area contributed by atoms with Crippen LogP contribution in [0.25, 0.3) is 0 Å². The largest absolute Gasteiger partial charge is 0.381 e. The number of ether oxygens (including phenoxy) is 1. The fraction of sp³-hybridized carbons (Fsp3) is 0.452. The number of primary amides is 1. The lowest BCUT2D eigenvalue weighted by atomic mass is 10.1. The number of nitrogens with two attached hydrogens (primary N) is 1. The molecule has 0 aliphatic carbocycles. The minimum atomic E-state index is -0.623. The van der Waals surface area contributed by atoms with Crippen LogP contribution in [0, 0.1) is 11.8 Å². The molecule has 0 saturated carbocycles. The normalized spacial score (nSPS) is 12.5. The minimum Gasteiger partial charge on any atom is -0.381 e. The standard InChI is InChI=1S/C22H28N6O2.C7H13NO.C2H5NO/c1-3-18-21(25-16-9-12-30-13-10-16)28-22(19(27-18)20(23)29)26-17-8-4-6-15(14-17)7-5-11-24-2;1-8(2)6-4-3-5-7-9;1-3-2-4/h4,6,8,14,16,24H,3,9-13H2,1-2H3,(H2,23,29)(H2,25,26,28);3-4,7H,5-6H2,1-2H3;2H,1H3,(H,3,4)/b;4-3+;. The van der Waals surface area contributed by atoms with Crippen molar-refractivity contribution in [2.24, 2.45) is 5.73 Å². The summed E-state index contributed by atoms with van der Waals surface area (Å²) in [5.74, 6) is 6.49. The quantitative estimate of drug-likeness (QED) is 0.140. The number of hydrogen-bond acceptors (Lipinski definition) is 10. The molecule has 12 nitrogen and oxygen atoms in total. The van der Waals surface area contributed by atoms with E-state index in [1.54, 1.807) is 7.05 Å². The molecule has 12 heteroatoms. The first kappa shape index (κ1) is 36.7. The maximum absolute atomic E-state index is 12.0. The molecule has 0 atom stereocenters. The van der Waals surface area contributed by atoms with Crippen LogP contribution in [0.1, 0.15) is 47.9 Å². The Hall–Kier alpha value is -4.31. The number of aldehydes is 1. The number of likely N-dealkylation sites (N-methyl/N-ethyl adjacent to an activating group) is 1. The molecule has 1 aromatic heterocycles. The first-order valence-electron chi connectivity index (χ1n) is 14.2. The molecule has 1 fully saturated rings. The lowest BCUT2D eigenvalue weighted by Gasteiger charge is -2.25. The van der Waals surface area contributed by atoms with Crippen LogP contribution in [0.5, 0.6) is 0 Å². The number of anilines is 3. The summed E-state index contributed by atoms with van der Waals surface area (Å²) in [6, 6.07) is 7.86. The molecule has 1 saturated heterocycles. The van der Waals surface area contributed by atoms with Gasteiger partial charge in [-0.05, 0) is 58.6 Å². The Morgan fingerprint density at radius 2 is 1.86 bits per heavy atom. The van der Waals surface area contributed by atoms with Gasteiger partial charge < -0.3 is 41.4 Å². The van der Waals surface area contributed by atoms with E-state index in [0.29, 0.717) is 43.1 Å². The SMILES string of the molecule is CCc1nc(C(N)=O)c(Nc2cccc(C#CCNC)c2)nc1NC1CCOCC1.CN(C)C/C=C/CC=O.CNC=O. The second-order valence-corrected chi connectivity index (χ2v) is 9.55. The Morgan fingerprint density at radius 3 is 2.44 bits per heavy atom. The van der Waals surface area contributed by atoms with Crippen LogP contribution in [-0.4, -0.2) is 94.0 Å². The molecule has 2 aromatic rings. The molecule has 0 bridgehead atoms. The van der Waals surface area contributed by atoms with Crippen LogP contribution < -0.4 is 27.0 Å². The first-order chi connectivity index (χ1) is 20.8. The van der Waals surface area contributed by atoms with Gasteiger partial charge in [0.2, 0.25) is 6.41 Å². The third-order valence-electron chi connectivity index (χ3n) is 5.71. The number of allylic oxidation sites excluding steroid dienone is 1. The smallest absolute Gasteiger partial charge is 0.271 e. The van der Waals surface area contributed by atoms with Gasteiger partial charge in [-0.2, -0.15) is 0 Å². The molecule has 6 N–H and O–H groups in total. The van der Waals surface area contributed by atoms with Gasteiger partial charge in [0.05, 0.1) is 12.2 Å². The summed E-state index contributed by atoms with van der Waals surface area (Å²) in [6.45, 7) is 4.93. The lowest BCUT2D eigenvalue weighted by Crippen LogP contribution is -2.29. The lowest BCUT2D eigenvalue weighted by molar-refractivity contribution is -0.109. The van der Waals surface area contributed by atoms with E-state index in [9.17, 15) is 9.59 Å². The number of carbonyl (C=O) groups is 3. The van der Waals surface area contributed by atoms with Crippen LogP contribution in [-0.2, 0) is 20.7 Å². The summed E-state index contributed by atoms with van der Waals surface area (Å²) in [7, 11) is 7.39. The number of nitrogens with one attached hydrogen (secondary N) is 4. The highest BCUT2D eigenvalue weighted by Gasteiger charge is 2.20. The zero-order valence-corrected chi connectivity index (χ0v) is 25.9. The fourth-order valence-corrected chi connectivity index (χ4v) is 3.61. The fourth-order valence-electron chi connectivity index (χ4n) is 3.61. The van der Waals surface area contributed by atoms with E-state index < -0.39 is 5.91 Å². The van der Waals surface area contributed by atoms with Crippen molar-refractivity contribution in [2.75, 3.05) is 65.1 Å². The van der Waals surface area contributed by atoms with Gasteiger partial charge in [-0.1, -0.05) is 37.0 Å². The van der Waals surface area contributed by atoms with Crippen LogP contribution in [0.2, 0.25) is 0 Å². The van der Waals surface area contributed by atoms with Crippen molar-refractivity contribution in [3.05, 3.63) is 53.4 Å². The average Bonchev–Trinajstić information content (AvgIpc) is 3.00. The molecule has 1 aliphatic heterocycles. The highest BCUT2D eigenvalue weighted by molar-refractivity contribution is 5.96. The van der Waals surface area contributed by atoms with Crippen LogP contribution in [0.15, 0.2) is 36.4 Å². The molecule has 1 aliphatic rings. The maximum atomic E-state index is 12.0. The van der Waals surface area contributed by atoms with Crippen molar-refractivity contribution in [1.82, 2.24) is 25.5 Å². The molecule has 2 heterocycles. The second-order valence-electron chi connectivity index (χ2n) is 9.55. The van der Waals surface area contributed by atoms with Gasteiger partial charge in [0.15, 0.2) is 17.3 Å². The van der Waals surface area contributed by atoms with E-state index >= 15 is 0 Å². The van der Waals surface area contributed by atoms with Crippen molar-refractivity contribution in [2.45, 2.75) is 38.6 Å². The molecular weight excluding hydrogens is 548 g/mol. The van der Waals surface area contributed by atoms with E-state index in [1.165, 1.54) is 0 Å². The number of aromatic nitrogens is 2. The van der Waals surface area contributed by atoms with Crippen molar-refractivity contribution >= 4 is 35.9 Å². The number of aryl methyl sites for hydroxylation is 1. The van der Waals surface area contributed by atoms with Crippen molar-refractivity contribution in [1.29, 1.82) is 0 Å². The second kappa shape index (κ2) is 22.3. The summed E-state index contributed by atoms with van der Waals surface area (Å²) >= 11 is 0. The average molecular weight is 595 g/mol. The third kappa shape index (κ3) is 15.5. The Kier molecular flexibility index (Phi) is 19.0. The maximum Gasteiger partial charge on any atom is 0.271 e. The Morgan fingerprint density at radius 1 is 1.14 bits per heavy atom. The molecule has 0 unspecified atom stereocenters. The molecule has 43 heavy (non-hydrogen) atoms. The monoisotopic (exact) mass is 594 g/mol. The van der Waals surface area contributed by atoms with E-state index in [0.717, 1.165) is 50.1 Å². The summed E-state index contributed by atoms with van der Waals surface area (Å²) in [4.78, 5) is 42.1. The molecule has 2 amide bonds. The topological polar surface area (TPSA) is 164 Å².